The van der Waals surface area contributed by atoms with Crippen LogP contribution in [-0.4, -0.2) is 48.3 Å². The molecule has 0 saturated heterocycles. The van der Waals surface area contributed by atoms with Crippen LogP contribution in [-0.2, 0) is 24.8 Å². The topological polar surface area (TPSA) is 104 Å². The van der Waals surface area contributed by atoms with E-state index in [2.05, 4.69) is 5.32 Å². The Morgan fingerprint density at radius 1 is 0.900 bits per heavy atom. The molecule has 0 spiro atoms. The van der Waals surface area contributed by atoms with Crippen LogP contribution in [0.15, 0.2) is 42.5 Å². The average Bonchev–Trinajstić information content (AvgIpc) is 2.62. The molecule has 0 saturated carbocycles. The van der Waals surface area contributed by atoms with E-state index < -0.39 is 32.0 Å². The maximum Gasteiger partial charge on any atom is 0.247 e. The molecule has 0 radical (unpaired) electrons. The molecule has 10 heteroatoms. The van der Waals surface area contributed by atoms with Crippen molar-refractivity contribution >= 4 is 43.0 Å². The Bertz CT molecular complexity index is 1160. The number of sulfonamides is 2. The summed E-state index contributed by atoms with van der Waals surface area (Å²) < 4.78 is 50.6. The summed E-state index contributed by atoms with van der Waals surface area (Å²) in [6.45, 7) is 5.28. The smallest absolute Gasteiger partial charge is 0.247 e. The molecule has 8 nitrogen and oxygen atoms in total. The number of nitrogens with zero attached hydrogens (tertiary/aromatic N) is 2. The van der Waals surface area contributed by atoms with Gasteiger partial charge in [-0.15, -0.1) is 0 Å². The summed E-state index contributed by atoms with van der Waals surface area (Å²) in [6.07, 6.45) is 2.13. The lowest BCUT2D eigenvalue weighted by Crippen LogP contribution is -2.45. The molecule has 0 heterocycles. The molecule has 2 aromatic carbocycles. The maximum atomic E-state index is 12.9. The molecule has 0 aliphatic rings. The van der Waals surface area contributed by atoms with E-state index in [1.54, 1.807) is 36.4 Å². The number of carbonyl (C=O) groups excluding carboxylic acids is 1. The van der Waals surface area contributed by atoms with Gasteiger partial charge >= 0.3 is 0 Å². The number of anilines is 3. The molecule has 0 aliphatic heterocycles. The maximum absolute atomic E-state index is 12.9. The van der Waals surface area contributed by atoms with E-state index >= 15 is 0 Å². The van der Waals surface area contributed by atoms with Gasteiger partial charge in [-0.3, -0.25) is 13.4 Å². The summed E-state index contributed by atoms with van der Waals surface area (Å²) in [7, 11) is -5.79. The van der Waals surface area contributed by atoms with Crippen LogP contribution in [0.3, 0.4) is 0 Å². The Labute approximate surface area is 178 Å². The summed E-state index contributed by atoms with van der Waals surface area (Å²) >= 11 is 0. The fraction of sp³-hybridized carbons (Fsp3) is 0.350. The highest BCUT2D eigenvalue weighted by molar-refractivity contribution is 7.92. The second-order valence-electron chi connectivity index (χ2n) is 7.27. The van der Waals surface area contributed by atoms with E-state index in [0.717, 1.165) is 32.2 Å². The summed E-state index contributed by atoms with van der Waals surface area (Å²) in [5, 5.41) is 2.67. The van der Waals surface area contributed by atoms with Gasteiger partial charge in [0.15, 0.2) is 0 Å². The van der Waals surface area contributed by atoms with E-state index in [4.69, 9.17) is 0 Å². The Morgan fingerprint density at radius 2 is 1.53 bits per heavy atom. The van der Waals surface area contributed by atoms with Crippen molar-refractivity contribution in [1.82, 2.24) is 0 Å². The van der Waals surface area contributed by atoms with Gasteiger partial charge in [0.2, 0.25) is 26.0 Å². The van der Waals surface area contributed by atoms with Crippen molar-refractivity contribution in [2.75, 3.05) is 33.5 Å². The SMILES string of the molecule is Cc1ccc(N([C@H](C)C(=O)Nc2cccc(N(C)S(C)(=O)=O)c2)S(C)(=O)=O)cc1C. The van der Waals surface area contributed by atoms with Gasteiger partial charge in [-0.05, 0) is 62.2 Å². The molecule has 0 bridgehead atoms. The summed E-state index contributed by atoms with van der Waals surface area (Å²) in [6, 6.07) is 10.5. The lowest BCUT2D eigenvalue weighted by atomic mass is 10.1. The molecular weight excluding hydrogens is 426 g/mol. The summed E-state index contributed by atoms with van der Waals surface area (Å²) in [5.41, 5.74) is 3.04. The minimum absolute atomic E-state index is 0.355. The molecule has 0 unspecified atom stereocenters. The highest BCUT2D eigenvalue weighted by Gasteiger charge is 2.29. The van der Waals surface area contributed by atoms with Gasteiger partial charge in [0, 0.05) is 12.7 Å². The number of carbonyl (C=O) groups is 1. The first-order valence-corrected chi connectivity index (χ1v) is 12.8. The highest BCUT2D eigenvalue weighted by Crippen LogP contribution is 2.25. The number of hydrogen-bond acceptors (Lipinski definition) is 5. The second-order valence-corrected chi connectivity index (χ2v) is 11.1. The monoisotopic (exact) mass is 453 g/mol. The quantitative estimate of drug-likeness (QED) is 0.694. The lowest BCUT2D eigenvalue weighted by molar-refractivity contribution is -0.116. The molecule has 1 amide bonds. The molecule has 0 fully saturated rings. The van der Waals surface area contributed by atoms with Crippen molar-refractivity contribution < 1.29 is 21.6 Å². The summed E-state index contributed by atoms with van der Waals surface area (Å²) in [4.78, 5) is 12.9. The molecule has 1 N–H and O–H groups in total. The van der Waals surface area contributed by atoms with E-state index in [0.29, 0.717) is 17.1 Å². The Balaban J connectivity index is 2.34. The predicted molar refractivity (Wildman–Crippen MR) is 121 cm³/mol. The van der Waals surface area contributed by atoms with Crippen LogP contribution in [0.5, 0.6) is 0 Å². The number of benzene rings is 2. The molecule has 2 aromatic rings. The van der Waals surface area contributed by atoms with Crippen molar-refractivity contribution in [1.29, 1.82) is 0 Å². The minimum Gasteiger partial charge on any atom is -0.324 e. The lowest BCUT2D eigenvalue weighted by Gasteiger charge is -2.29. The fourth-order valence-electron chi connectivity index (χ4n) is 2.89. The first kappa shape index (κ1) is 23.7. The third kappa shape index (κ3) is 5.51. The number of nitrogens with one attached hydrogen (secondary N) is 1. The van der Waals surface area contributed by atoms with Gasteiger partial charge in [0.05, 0.1) is 23.9 Å². The van der Waals surface area contributed by atoms with Crippen LogP contribution in [0.2, 0.25) is 0 Å². The van der Waals surface area contributed by atoms with Crippen molar-refractivity contribution in [2.45, 2.75) is 26.8 Å². The number of amides is 1. The van der Waals surface area contributed by atoms with E-state index in [-0.39, 0.29) is 0 Å². The van der Waals surface area contributed by atoms with Crippen LogP contribution in [0, 0.1) is 13.8 Å². The van der Waals surface area contributed by atoms with Crippen molar-refractivity contribution in [3.05, 3.63) is 53.6 Å². The van der Waals surface area contributed by atoms with Gasteiger partial charge in [0.25, 0.3) is 0 Å². The van der Waals surface area contributed by atoms with Crippen LogP contribution in [0.1, 0.15) is 18.1 Å². The first-order chi connectivity index (χ1) is 13.7. The largest absolute Gasteiger partial charge is 0.324 e. The molecule has 164 valence electrons. The van der Waals surface area contributed by atoms with Crippen LogP contribution < -0.4 is 13.9 Å². The van der Waals surface area contributed by atoms with Gasteiger partial charge in [-0.1, -0.05) is 12.1 Å². The molecular formula is C20H27N3O5S2. The van der Waals surface area contributed by atoms with E-state index in [1.807, 2.05) is 13.8 Å². The van der Waals surface area contributed by atoms with Crippen molar-refractivity contribution in [2.24, 2.45) is 0 Å². The molecule has 30 heavy (non-hydrogen) atoms. The van der Waals surface area contributed by atoms with Crippen LogP contribution in [0.25, 0.3) is 0 Å². The standard InChI is InChI=1S/C20H27N3O5S2/c1-14-10-11-19(12-15(14)2)23(30(6,27)28)16(3)20(24)21-17-8-7-9-18(13-17)22(4)29(5,25)26/h7-13,16H,1-6H3,(H,21,24)/t16-/m1/s1. The number of hydrogen-bond donors (Lipinski definition) is 1. The van der Waals surface area contributed by atoms with Gasteiger partial charge < -0.3 is 5.32 Å². The normalized spacial score (nSPS) is 12.9. The Hall–Kier alpha value is -2.59. The molecule has 1 atom stereocenters. The molecule has 2 rings (SSSR count). The third-order valence-corrected chi connectivity index (χ3v) is 7.26. The second kappa shape index (κ2) is 8.65. The van der Waals surface area contributed by atoms with E-state index in [9.17, 15) is 21.6 Å². The van der Waals surface area contributed by atoms with Gasteiger partial charge in [0.1, 0.15) is 6.04 Å². The molecule has 0 aromatic heterocycles. The van der Waals surface area contributed by atoms with Crippen LogP contribution >= 0.6 is 0 Å². The van der Waals surface area contributed by atoms with Crippen molar-refractivity contribution in [3.8, 4) is 0 Å². The Morgan fingerprint density at radius 3 is 2.07 bits per heavy atom. The van der Waals surface area contributed by atoms with Crippen molar-refractivity contribution in [3.63, 3.8) is 0 Å². The number of rotatable bonds is 7. The average molecular weight is 454 g/mol. The molecule has 0 aliphatic carbocycles. The highest BCUT2D eigenvalue weighted by atomic mass is 32.2. The first-order valence-electron chi connectivity index (χ1n) is 9.13. The Kier molecular flexibility index (Phi) is 6.83. The zero-order valence-corrected chi connectivity index (χ0v) is 19.5. The zero-order chi connectivity index (χ0) is 22.9. The van der Waals surface area contributed by atoms with E-state index in [1.165, 1.54) is 20.0 Å². The third-order valence-electron chi connectivity index (χ3n) is 4.81. The van der Waals surface area contributed by atoms with Gasteiger partial charge in [-0.2, -0.15) is 0 Å². The fourth-order valence-corrected chi connectivity index (χ4v) is 4.55. The zero-order valence-electron chi connectivity index (χ0n) is 17.9. The minimum atomic E-state index is -3.74. The van der Waals surface area contributed by atoms with Crippen LogP contribution in [0.4, 0.5) is 17.1 Å². The van der Waals surface area contributed by atoms with Gasteiger partial charge in [-0.25, -0.2) is 16.8 Å². The predicted octanol–water partition coefficient (Wildman–Crippen LogP) is 2.49. The summed E-state index contributed by atoms with van der Waals surface area (Å²) in [5.74, 6) is -0.544. The number of aryl methyl sites for hydroxylation is 2.